The summed E-state index contributed by atoms with van der Waals surface area (Å²) in [4.78, 5) is 26.4. The van der Waals surface area contributed by atoms with Crippen molar-refractivity contribution in [3.05, 3.63) is 66.2 Å². The van der Waals surface area contributed by atoms with Crippen molar-refractivity contribution >= 4 is 35.3 Å². The number of nitrogens with zero attached hydrogens (tertiary/aromatic N) is 4. The molecule has 9 heteroatoms. The first-order chi connectivity index (χ1) is 16.1. The molecule has 1 N–H and O–H groups in total. The Labute approximate surface area is 196 Å². The molecule has 8 nitrogen and oxygen atoms in total. The summed E-state index contributed by atoms with van der Waals surface area (Å²) in [6.07, 6.45) is 3.28. The number of amides is 2. The van der Waals surface area contributed by atoms with Crippen LogP contribution in [0.5, 0.6) is 0 Å². The molecule has 0 unspecified atom stereocenters. The average molecular weight is 464 g/mol. The zero-order valence-electron chi connectivity index (χ0n) is 18.3. The number of benzene rings is 2. The molecule has 2 amide bonds. The highest BCUT2D eigenvalue weighted by molar-refractivity contribution is 7.99. The molecule has 170 valence electrons. The van der Waals surface area contributed by atoms with Crippen LogP contribution in [0, 0.1) is 0 Å². The number of thioether (sulfide) groups is 1. The van der Waals surface area contributed by atoms with E-state index in [-0.39, 0.29) is 11.8 Å². The number of carbonyl (C=O) groups is 2. The van der Waals surface area contributed by atoms with E-state index < -0.39 is 0 Å². The molecular formula is C24H25N5O3S. The maximum absolute atomic E-state index is 12.4. The summed E-state index contributed by atoms with van der Waals surface area (Å²) in [6.45, 7) is 2.44. The number of morpholine rings is 1. The average Bonchev–Trinajstić information content (AvgIpc) is 3.23. The van der Waals surface area contributed by atoms with E-state index in [1.165, 1.54) is 17.8 Å². The molecule has 3 aromatic rings. The summed E-state index contributed by atoms with van der Waals surface area (Å²) < 4.78 is 7.16. The van der Waals surface area contributed by atoms with E-state index in [0.29, 0.717) is 48.7 Å². The molecule has 0 radical (unpaired) electrons. The van der Waals surface area contributed by atoms with Gasteiger partial charge in [-0.3, -0.25) is 9.59 Å². The lowest BCUT2D eigenvalue weighted by atomic mass is 10.2. The molecule has 1 aliphatic heterocycles. The fraction of sp³-hybridized carbons (Fsp3) is 0.250. The zero-order chi connectivity index (χ0) is 23.0. The molecule has 2 heterocycles. The van der Waals surface area contributed by atoms with Crippen LogP contribution in [0.15, 0.2) is 65.8 Å². The number of hydrogen-bond acceptors (Lipinski definition) is 6. The fourth-order valence-corrected chi connectivity index (χ4v) is 4.16. The van der Waals surface area contributed by atoms with Crippen molar-refractivity contribution in [3.63, 3.8) is 0 Å². The Morgan fingerprint density at radius 1 is 1.06 bits per heavy atom. The van der Waals surface area contributed by atoms with Gasteiger partial charge in [-0.1, -0.05) is 42.1 Å². The van der Waals surface area contributed by atoms with Crippen LogP contribution in [-0.4, -0.2) is 63.5 Å². The number of carbonyl (C=O) groups excluding carboxylic acids is 2. The number of nitrogens with one attached hydrogen (secondary N) is 1. The van der Waals surface area contributed by atoms with Crippen LogP contribution in [0.1, 0.15) is 5.56 Å². The smallest absolute Gasteiger partial charge is 0.248 e. The van der Waals surface area contributed by atoms with Crippen LogP contribution in [-0.2, 0) is 21.4 Å². The maximum Gasteiger partial charge on any atom is 0.248 e. The van der Waals surface area contributed by atoms with Crippen molar-refractivity contribution in [1.29, 1.82) is 0 Å². The van der Waals surface area contributed by atoms with Crippen LogP contribution in [0.25, 0.3) is 17.5 Å². The lowest BCUT2D eigenvalue weighted by molar-refractivity contribution is -0.132. The van der Waals surface area contributed by atoms with E-state index in [9.17, 15) is 9.59 Å². The lowest BCUT2D eigenvalue weighted by Crippen LogP contribution is -2.41. The van der Waals surface area contributed by atoms with Crippen molar-refractivity contribution in [3.8, 4) is 11.4 Å². The van der Waals surface area contributed by atoms with E-state index in [2.05, 4.69) is 15.5 Å². The first-order valence-corrected chi connectivity index (χ1v) is 11.6. The highest BCUT2D eigenvalue weighted by atomic mass is 32.2. The third kappa shape index (κ3) is 6.09. The Morgan fingerprint density at radius 3 is 2.52 bits per heavy atom. The zero-order valence-corrected chi connectivity index (χ0v) is 19.1. The largest absolute Gasteiger partial charge is 0.378 e. The number of rotatable bonds is 7. The first kappa shape index (κ1) is 22.8. The topological polar surface area (TPSA) is 89.3 Å². The second-order valence-electron chi connectivity index (χ2n) is 7.46. The van der Waals surface area contributed by atoms with Crippen LogP contribution in [0.2, 0.25) is 0 Å². The Kier molecular flexibility index (Phi) is 7.54. The van der Waals surface area contributed by atoms with Gasteiger partial charge in [0.15, 0.2) is 11.0 Å². The van der Waals surface area contributed by atoms with Gasteiger partial charge in [0.1, 0.15) is 0 Å². The highest BCUT2D eigenvalue weighted by Gasteiger charge is 2.19. The van der Waals surface area contributed by atoms with Gasteiger partial charge in [-0.05, 0) is 35.9 Å². The second kappa shape index (κ2) is 10.9. The molecule has 1 saturated heterocycles. The maximum atomic E-state index is 12.4. The Balaban J connectivity index is 1.34. The molecule has 0 saturated carbocycles. The van der Waals surface area contributed by atoms with Crippen LogP contribution in [0.4, 0.5) is 5.69 Å². The van der Waals surface area contributed by atoms with Crippen LogP contribution >= 0.6 is 11.8 Å². The van der Waals surface area contributed by atoms with E-state index in [1.807, 2.05) is 71.1 Å². The van der Waals surface area contributed by atoms with E-state index in [1.54, 1.807) is 6.08 Å². The van der Waals surface area contributed by atoms with Crippen molar-refractivity contribution < 1.29 is 14.3 Å². The third-order valence-corrected chi connectivity index (χ3v) is 6.17. The van der Waals surface area contributed by atoms with Gasteiger partial charge in [-0.2, -0.15) is 0 Å². The summed E-state index contributed by atoms with van der Waals surface area (Å²) in [6, 6.07) is 17.1. The SMILES string of the molecule is Cn1c(SCC(=O)N2CCOCC2)nnc1-c1ccc(NC(=O)/C=C/c2ccccc2)cc1. The van der Waals surface area contributed by atoms with Crippen LogP contribution < -0.4 is 5.32 Å². The fourth-order valence-electron chi connectivity index (χ4n) is 3.34. The number of hydrogen-bond donors (Lipinski definition) is 1. The van der Waals surface area contributed by atoms with Gasteiger partial charge in [0.05, 0.1) is 19.0 Å². The van der Waals surface area contributed by atoms with Gasteiger partial charge in [-0.15, -0.1) is 10.2 Å². The van der Waals surface area contributed by atoms with Gasteiger partial charge in [0, 0.05) is 37.5 Å². The molecule has 0 spiro atoms. The summed E-state index contributed by atoms with van der Waals surface area (Å²) in [5.74, 6) is 0.884. The van der Waals surface area contributed by atoms with Crippen molar-refractivity contribution in [2.24, 2.45) is 7.05 Å². The van der Waals surface area contributed by atoms with Crippen molar-refractivity contribution in [2.45, 2.75) is 5.16 Å². The van der Waals surface area contributed by atoms with Crippen molar-refractivity contribution in [2.75, 3.05) is 37.4 Å². The Bertz CT molecular complexity index is 1120. The molecular weight excluding hydrogens is 438 g/mol. The summed E-state index contributed by atoms with van der Waals surface area (Å²) in [7, 11) is 1.88. The number of anilines is 1. The molecule has 2 aromatic carbocycles. The molecule has 4 rings (SSSR count). The van der Waals surface area contributed by atoms with Gasteiger partial charge in [0.25, 0.3) is 0 Å². The normalized spacial score (nSPS) is 13.9. The summed E-state index contributed by atoms with van der Waals surface area (Å²) >= 11 is 1.37. The molecule has 0 bridgehead atoms. The molecule has 1 aliphatic rings. The lowest BCUT2D eigenvalue weighted by Gasteiger charge is -2.26. The van der Waals surface area contributed by atoms with E-state index >= 15 is 0 Å². The quantitative estimate of drug-likeness (QED) is 0.428. The summed E-state index contributed by atoms with van der Waals surface area (Å²) in [5.41, 5.74) is 2.52. The molecule has 1 fully saturated rings. The van der Waals surface area contributed by atoms with E-state index in [0.717, 1.165) is 11.1 Å². The minimum Gasteiger partial charge on any atom is -0.378 e. The van der Waals surface area contributed by atoms with Gasteiger partial charge in [-0.25, -0.2) is 0 Å². The van der Waals surface area contributed by atoms with Crippen LogP contribution in [0.3, 0.4) is 0 Å². The van der Waals surface area contributed by atoms with Gasteiger partial charge >= 0.3 is 0 Å². The number of ether oxygens (including phenoxy) is 1. The van der Waals surface area contributed by atoms with Gasteiger partial charge in [0.2, 0.25) is 11.8 Å². The molecule has 0 aliphatic carbocycles. The second-order valence-corrected chi connectivity index (χ2v) is 8.40. The standard InChI is InChI=1S/C24H25N5O3S/c1-28-23(26-27-24(28)33-17-22(31)29-13-15-32-16-14-29)19-8-10-20(11-9-19)25-21(30)12-7-18-5-3-2-4-6-18/h2-12H,13-17H2,1H3,(H,25,30)/b12-7+. The van der Waals surface area contributed by atoms with Gasteiger partial charge < -0.3 is 19.5 Å². The Hall–Kier alpha value is -3.43. The Morgan fingerprint density at radius 2 is 1.79 bits per heavy atom. The summed E-state index contributed by atoms with van der Waals surface area (Å²) in [5, 5.41) is 12.0. The number of aromatic nitrogens is 3. The molecule has 1 aromatic heterocycles. The molecule has 33 heavy (non-hydrogen) atoms. The van der Waals surface area contributed by atoms with Crippen molar-refractivity contribution in [1.82, 2.24) is 19.7 Å². The van der Waals surface area contributed by atoms with E-state index in [4.69, 9.17) is 4.74 Å². The predicted octanol–water partition coefficient (Wildman–Crippen LogP) is 3.08. The predicted molar refractivity (Wildman–Crippen MR) is 129 cm³/mol. The minimum absolute atomic E-state index is 0.0780. The molecule has 0 atom stereocenters. The third-order valence-electron chi connectivity index (χ3n) is 5.16. The first-order valence-electron chi connectivity index (χ1n) is 10.6. The monoisotopic (exact) mass is 463 g/mol. The highest BCUT2D eigenvalue weighted by Crippen LogP contribution is 2.24. The minimum atomic E-state index is -0.200.